The number of rotatable bonds is 7. The van der Waals surface area contributed by atoms with Gasteiger partial charge in [0.05, 0.1) is 5.39 Å². The first-order chi connectivity index (χ1) is 9.26. The van der Waals surface area contributed by atoms with E-state index in [1.165, 1.54) is 25.7 Å². The molecule has 0 aromatic carbocycles. The summed E-state index contributed by atoms with van der Waals surface area (Å²) in [6, 6.07) is 2.15. The van der Waals surface area contributed by atoms with Crippen molar-refractivity contribution in [3.63, 3.8) is 0 Å². The summed E-state index contributed by atoms with van der Waals surface area (Å²) < 4.78 is 0. The van der Waals surface area contributed by atoms with E-state index >= 15 is 0 Å². The summed E-state index contributed by atoms with van der Waals surface area (Å²) in [6.45, 7) is 8.68. The highest BCUT2D eigenvalue weighted by atomic mass is 15.2. The Balaban J connectivity index is 2.30. The van der Waals surface area contributed by atoms with Gasteiger partial charge in [-0.15, -0.1) is 0 Å². The molecule has 0 atom stereocenters. The highest BCUT2D eigenvalue weighted by Gasteiger charge is 2.13. The molecule has 0 fully saturated rings. The number of aromatic amines is 1. The normalized spacial score (nSPS) is 11.1. The molecular weight excluding hydrogens is 236 g/mol. The van der Waals surface area contributed by atoms with Crippen LogP contribution in [0, 0.1) is 6.92 Å². The summed E-state index contributed by atoms with van der Waals surface area (Å²) in [5.41, 5.74) is 2.09. The number of nitrogens with one attached hydrogen (secondary N) is 1. The molecule has 0 bridgehead atoms. The quantitative estimate of drug-likeness (QED) is 0.826. The Hall–Kier alpha value is -1.58. The highest BCUT2D eigenvalue weighted by Crippen LogP contribution is 2.24. The number of aryl methyl sites for hydroxylation is 1. The van der Waals surface area contributed by atoms with Gasteiger partial charge in [0.1, 0.15) is 17.8 Å². The van der Waals surface area contributed by atoms with Gasteiger partial charge in [-0.1, -0.05) is 26.7 Å². The largest absolute Gasteiger partial charge is 0.356 e. The summed E-state index contributed by atoms with van der Waals surface area (Å²) >= 11 is 0. The van der Waals surface area contributed by atoms with Crippen LogP contribution in [0.3, 0.4) is 0 Å². The SMILES string of the molecule is CCCCN(CCCC)c1ncnc2[nH]c(C)cc12. The molecule has 4 nitrogen and oxygen atoms in total. The molecule has 0 aliphatic carbocycles. The Kier molecular flexibility index (Phi) is 4.77. The van der Waals surface area contributed by atoms with Gasteiger partial charge < -0.3 is 9.88 Å². The first-order valence-corrected chi connectivity index (χ1v) is 7.31. The first kappa shape index (κ1) is 13.8. The lowest BCUT2D eigenvalue weighted by Crippen LogP contribution is -2.26. The van der Waals surface area contributed by atoms with Gasteiger partial charge in [-0.25, -0.2) is 9.97 Å². The van der Waals surface area contributed by atoms with Crippen molar-refractivity contribution in [3.8, 4) is 0 Å². The van der Waals surface area contributed by atoms with Crippen molar-refractivity contribution in [2.45, 2.75) is 46.5 Å². The molecule has 4 heteroatoms. The fourth-order valence-corrected chi connectivity index (χ4v) is 2.33. The van der Waals surface area contributed by atoms with Crippen LogP contribution in [0.5, 0.6) is 0 Å². The highest BCUT2D eigenvalue weighted by molar-refractivity contribution is 5.88. The lowest BCUT2D eigenvalue weighted by Gasteiger charge is -2.23. The summed E-state index contributed by atoms with van der Waals surface area (Å²) in [7, 11) is 0. The molecule has 19 heavy (non-hydrogen) atoms. The van der Waals surface area contributed by atoms with Gasteiger partial charge in [0.15, 0.2) is 0 Å². The van der Waals surface area contributed by atoms with Crippen LogP contribution in [0.4, 0.5) is 5.82 Å². The monoisotopic (exact) mass is 260 g/mol. The second kappa shape index (κ2) is 6.55. The number of H-pyrrole nitrogens is 1. The van der Waals surface area contributed by atoms with Crippen LogP contribution in [0.15, 0.2) is 12.4 Å². The predicted octanol–water partition coefficient (Wildman–Crippen LogP) is 3.67. The minimum absolute atomic E-state index is 0.945. The molecule has 1 N–H and O–H groups in total. The topological polar surface area (TPSA) is 44.8 Å². The Morgan fingerprint density at radius 1 is 1.11 bits per heavy atom. The van der Waals surface area contributed by atoms with Crippen LogP contribution in [0.2, 0.25) is 0 Å². The van der Waals surface area contributed by atoms with Crippen LogP contribution in [-0.4, -0.2) is 28.0 Å². The Labute approximate surface area is 115 Å². The lowest BCUT2D eigenvalue weighted by molar-refractivity contribution is 0.673. The zero-order valence-corrected chi connectivity index (χ0v) is 12.2. The number of nitrogens with zero attached hydrogens (tertiary/aromatic N) is 3. The van der Waals surface area contributed by atoms with Gasteiger partial charge in [-0.3, -0.25) is 0 Å². The fourth-order valence-electron chi connectivity index (χ4n) is 2.33. The summed E-state index contributed by atoms with van der Waals surface area (Å²) in [5.74, 6) is 1.08. The molecule has 2 rings (SSSR count). The molecule has 0 radical (unpaired) electrons. The van der Waals surface area contributed by atoms with Gasteiger partial charge in [-0.05, 0) is 25.8 Å². The maximum atomic E-state index is 4.52. The van der Waals surface area contributed by atoms with Crippen LogP contribution in [0.1, 0.15) is 45.2 Å². The molecule has 0 aliphatic heterocycles. The average molecular weight is 260 g/mol. The van der Waals surface area contributed by atoms with Crippen molar-refractivity contribution in [3.05, 3.63) is 18.1 Å². The number of unbranched alkanes of at least 4 members (excludes halogenated alkanes) is 2. The zero-order valence-electron chi connectivity index (χ0n) is 12.2. The fraction of sp³-hybridized carbons (Fsp3) is 0.600. The van der Waals surface area contributed by atoms with E-state index in [4.69, 9.17) is 0 Å². The number of hydrogen-bond acceptors (Lipinski definition) is 3. The van der Waals surface area contributed by atoms with Crippen molar-refractivity contribution >= 4 is 16.9 Å². The van der Waals surface area contributed by atoms with Crippen LogP contribution >= 0.6 is 0 Å². The van der Waals surface area contributed by atoms with E-state index in [0.29, 0.717) is 0 Å². The van der Waals surface area contributed by atoms with E-state index in [9.17, 15) is 0 Å². The lowest BCUT2D eigenvalue weighted by atomic mass is 10.2. The van der Waals surface area contributed by atoms with Crippen LogP contribution in [-0.2, 0) is 0 Å². The maximum absolute atomic E-state index is 4.52. The van der Waals surface area contributed by atoms with E-state index < -0.39 is 0 Å². The van der Waals surface area contributed by atoms with Gasteiger partial charge in [-0.2, -0.15) is 0 Å². The number of hydrogen-bond donors (Lipinski definition) is 1. The van der Waals surface area contributed by atoms with Gasteiger partial charge in [0.2, 0.25) is 0 Å². The average Bonchev–Trinajstić information content (AvgIpc) is 2.79. The Bertz CT molecular complexity index is 510. The van der Waals surface area contributed by atoms with E-state index in [1.54, 1.807) is 6.33 Å². The van der Waals surface area contributed by atoms with Crippen molar-refractivity contribution in [1.29, 1.82) is 0 Å². The molecule has 0 amide bonds. The second-order valence-electron chi connectivity index (χ2n) is 5.11. The summed E-state index contributed by atoms with van der Waals surface area (Å²) in [5, 5.41) is 1.15. The molecule has 0 unspecified atom stereocenters. The number of fused-ring (bicyclic) bond motifs is 1. The summed E-state index contributed by atoms with van der Waals surface area (Å²) in [6.07, 6.45) is 6.50. The smallest absolute Gasteiger partial charge is 0.143 e. The standard InChI is InChI=1S/C15H24N4/c1-4-6-8-19(9-7-5-2)15-13-10-12(3)18-14(13)16-11-17-15/h10-11H,4-9H2,1-3H3,(H,16,17,18). The van der Waals surface area contributed by atoms with Crippen LogP contribution in [0.25, 0.3) is 11.0 Å². The van der Waals surface area contributed by atoms with E-state index in [-0.39, 0.29) is 0 Å². The predicted molar refractivity (Wildman–Crippen MR) is 80.7 cm³/mol. The van der Waals surface area contributed by atoms with Crippen molar-refractivity contribution < 1.29 is 0 Å². The van der Waals surface area contributed by atoms with E-state index in [2.05, 4.69) is 46.7 Å². The third-order valence-electron chi connectivity index (χ3n) is 3.40. The molecule has 2 aromatic rings. The number of anilines is 1. The minimum Gasteiger partial charge on any atom is -0.356 e. The second-order valence-corrected chi connectivity index (χ2v) is 5.11. The third kappa shape index (κ3) is 3.25. The van der Waals surface area contributed by atoms with Gasteiger partial charge in [0, 0.05) is 18.8 Å². The molecule has 0 saturated carbocycles. The minimum atomic E-state index is 0.945. The first-order valence-electron chi connectivity index (χ1n) is 7.31. The van der Waals surface area contributed by atoms with Gasteiger partial charge in [0.25, 0.3) is 0 Å². The molecule has 104 valence electrons. The molecule has 0 aliphatic rings. The molecule has 0 spiro atoms. The van der Waals surface area contributed by atoms with Crippen molar-refractivity contribution in [1.82, 2.24) is 15.0 Å². The summed E-state index contributed by atoms with van der Waals surface area (Å²) in [4.78, 5) is 14.5. The van der Waals surface area contributed by atoms with E-state index in [0.717, 1.165) is 35.6 Å². The number of aromatic nitrogens is 3. The molecular formula is C15H24N4. The van der Waals surface area contributed by atoms with Crippen molar-refractivity contribution in [2.75, 3.05) is 18.0 Å². The molecule has 0 saturated heterocycles. The Morgan fingerprint density at radius 2 is 1.79 bits per heavy atom. The van der Waals surface area contributed by atoms with E-state index in [1.807, 2.05) is 0 Å². The van der Waals surface area contributed by atoms with Crippen molar-refractivity contribution in [2.24, 2.45) is 0 Å². The molecule has 2 heterocycles. The zero-order chi connectivity index (χ0) is 13.7. The maximum Gasteiger partial charge on any atom is 0.143 e. The molecule has 2 aromatic heterocycles. The van der Waals surface area contributed by atoms with Gasteiger partial charge >= 0.3 is 0 Å². The Morgan fingerprint density at radius 3 is 2.42 bits per heavy atom. The third-order valence-corrected chi connectivity index (χ3v) is 3.40. The van der Waals surface area contributed by atoms with Crippen LogP contribution < -0.4 is 4.90 Å².